The molecule has 0 fully saturated rings. The van der Waals surface area contributed by atoms with Crippen molar-refractivity contribution >= 4 is 0 Å². The summed E-state index contributed by atoms with van der Waals surface area (Å²) in [5.74, 6) is 5.57. The van der Waals surface area contributed by atoms with Gasteiger partial charge < -0.3 is 0 Å². The maximum absolute atomic E-state index is 5.57. The number of hydrogen-bond donors (Lipinski definition) is 2. The zero-order valence-electron chi connectivity index (χ0n) is 10.3. The fourth-order valence-electron chi connectivity index (χ4n) is 1.98. The van der Waals surface area contributed by atoms with Crippen LogP contribution in [-0.2, 0) is 6.42 Å². The molecule has 2 rings (SSSR count). The Kier molecular flexibility index (Phi) is 4.81. The lowest BCUT2D eigenvalue weighted by molar-refractivity contribution is 0.487. The molecule has 18 heavy (non-hydrogen) atoms. The highest BCUT2D eigenvalue weighted by Gasteiger charge is 2.10. The Morgan fingerprint density at radius 2 is 2.00 bits per heavy atom. The third-order valence-electron chi connectivity index (χ3n) is 2.96. The van der Waals surface area contributed by atoms with E-state index < -0.39 is 0 Å². The highest BCUT2D eigenvalue weighted by molar-refractivity contribution is 5.14. The van der Waals surface area contributed by atoms with E-state index in [9.17, 15) is 0 Å². The molecule has 1 atom stereocenters. The second-order valence-electron chi connectivity index (χ2n) is 4.23. The van der Waals surface area contributed by atoms with Crippen LogP contribution in [0.1, 0.15) is 30.1 Å². The normalized spacial score (nSPS) is 12.3. The molecule has 0 aliphatic rings. The van der Waals surface area contributed by atoms with Crippen LogP contribution in [-0.4, -0.2) is 9.97 Å². The topological polar surface area (TPSA) is 63.8 Å². The van der Waals surface area contributed by atoms with Crippen LogP contribution in [0.4, 0.5) is 0 Å². The minimum Gasteiger partial charge on any atom is -0.271 e. The number of aryl methyl sites for hydroxylation is 1. The van der Waals surface area contributed by atoms with Crippen LogP contribution in [0.25, 0.3) is 0 Å². The fourth-order valence-corrected chi connectivity index (χ4v) is 1.98. The summed E-state index contributed by atoms with van der Waals surface area (Å²) in [4.78, 5) is 8.13. The molecule has 0 spiro atoms. The van der Waals surface area contributed by atoms with Crippen LogP contribution in [0.2, 0.25) is 0 Å². The largest absolute Gasteiger partial charge is 0.271 e. The van der Waals surface area contributed by atoms with Crippen LogP contribution in [0.5, 0.6) is 0 Å². The monoisotopic (exact) mass is 242 g/mol. The molecule has 1 heterocycles. The van der Waals surface area contributed by atoms with E-state index in [1.165, 1.54) is 5.56 Å². The Balaban J connectivity index is 1.85. The number of aromatic nitrogens is 2. The van der Waals surface area contributed by atoms with Crippen molar-refractivity contribution in [3.05, 3.63) is 60.2 Å². The molecule has 0 saturated carbocycles. The van der Waals surface area contributed by atoms with E-state index in [0.29, 0.717) is 0 Å². The highest BCUT2D eigenvalue weighted by atomic mass is 15.2. The molecule has 1 unspecified atom stereocenters. The summed E-state index contributed by atoms with van der Waals surface area (Å²) < 4.78 is 0. The minimum absolute atomic E-state index is 0.0942. The number of nitrogens with one attached hydrogen (secondary N) is 1. The Labute approximate surface area is 107 Å². The Bertz CT molecular complexity index is 444. The van der Waals surface area contributed by atoms with Crippen molar-refractivity contribution in [3.63, 3.8) is 0 Å². The molecular weight excluding hydrogens is 224 g/mol. The van der Waals surface area contributed by atoms with Gasteiger partial charge in [-0.2, -0.15) is 0 Å². The SMILES string of the molecule is NNC(CCCc1ccccc1)c1ccncn1. The first-order chi connectivity index (χ1) is 8.90. The second kappa shape index (κ2) is 6.83. The van der Waals surface area contributed by atoms with Gasteiger partial charge in [-0.25, -0.2) is 9.97 Å². The van der Waals surface area contributed by atoms with Gasteiger partial charge in [-0.3, -0.25) is 11.3 Å². The number of nitrogens with two attached hydrogens (primary N) is 1. The first-order valence-corrected chi connectivity index (χ1v) is 6.16. The predicted molar refractivity (Wildman–Crippen MR) is 71.5 cm³/mol. The smallest absolute Gasteiger partial charge is 0.115 e. The summed E-state index contributed by atoms with van der Waals surface area (Å²) in [7, 11) is 0. The molecule has 3 N–H and O–H groups in total. The summed E-state index contributed by atoms with van der Waals surface area (Å²) >= 11 is 0. The van der Waals surface area contributed by atoms with Gasteiger partial charge in [0.1, 0.15) is 6.33 Å². The quantitative estimate of drug-likeness (QED) is 0.600. The molecule has 0 bridgehead atoms. The molecule has 0 amide bonds. The van der Waals surface area contributed by atoms with Crippen LogP contribution < -0.4 is 11.3 Å². The number of nitrogens with zero attached hydrogens (tertiary/aromatic N) is 2. The maximum atomic E-state index is 5.57. The van der Waals surface area contributed by atoms with Gasteiger partial charge >= 0.3 is 0 Å². The maximum Gasteiger partial charge on any atom is 0.115 e. The summed E-state index contributed by atoms with van der Waals surface area (Å²) in [5, 5.41) is 0. The van der Waals surface area contributed by atoms with Crippen molar-refractivity contribution in [2.75, 3.05) is 0 Å². The molecule has 4 nitrogen and oxygen atoms in total. The number of rotatable bonds is 6. The van der Waals surface area contributed by atoms with Gasteiger partial charge in [-0.05, 0) is 30.9 Å². The number of benzene rings is 1. The van der Waals surface area contributed by atoms with Gasteiger partial charge in [-0.15, -0.1) is 0 Å². The van der Waals surface area contributed by atoms with Gasteiger partial charge in [-0.1, -0.05) is 30.3 Å². The van der Waals surface area contributed by atoms with Crippen LogP contribution in [0.15, 0.2) is 48.9 Å². The first-order valence-electron chi connectivity index (χ1n) is 6.16. The first kappa shape index (κ1) is 12.7. The molecule has 0 aliphatic carbocycles. The zero-order valence-corrected chi connectivity index (χ0v) is 10.3. The average Bonchev–Trinajstić information content (AvgIpc) is 2.46. The fraction of sp³-hybridized carbons (Fsp3) is 0.286. The number of hydrogen-bond acceptors (Lipinski definition) is 4. The van der Waals surface area contributed by atoms with Crippen molar-refractivity contribution in [2.45, 2.75) is 25.3 Å². The molecule has 2 aromatic rings. The van der Waals surface area contributed by atoms with E-state index in [2.05, 4.69) is 39.7 Å². The van der Waals surface area contributed by atoms with E-state index >= 15 is 0 Å². The standard InChI is InChI=1S/C14H18N4/c15-18-14(13-9-10-16-11-17-13)8-4-7-12-5-2-1-3-6-12/h1-3,5-6,9-11,14,18H,4,7-8,15H2. The van der Waals surface area contributed by atoms with Crippen LogP contribution >= 0.6 is 0 Å². The van der Waals surface area contributed by atoms with E-state index in [4.69, 9.17) is 5.84 Å². The van der Waals surface area contributed by atoms with Crippen LogP contribution in [0, 0.1) is 0 Å². The zero-order chi connectivity index (χ0) is 12.6. The lowest BCUT2D eigenvalue weighted by atomic mass is 10.0. The molecule has 0 aliphatic heterocycles. The van der Waals surface area contributed by atoms with E-state index in [0.717, 1.165) is 25.0 Å². The second-order valence-corrected chi connectivity index (χ2v) is 4.23. The van der Waals surface area contributed by atoms with Crippen molar-refractivity contribution in [3.8, 4) is 0 Å². The number of hydrazine groups is 1. The van der Waals surface area contributed by atoms with Crippen LogP contribution in [0.3, 0.4) is 0 Å². The van der Waals surface area contributed by atoms with Crippen molar-refractivity contribution in [2.24, 2.45) is 5.84 Å². The molecule has 1 aromatic carbocycles. The molecule has 0 radical (unpaired) electrons. The molecular formula is C14H18N4. The Morgan fingerprint density at radius 1 is 1.17 bits per heavy atom. The Morgan fingerprint density at radius 3 is 2.67 bits per heavy atom. The van der Waals surface area contributed by atoms with E-state index in [1.54, 1.807) is 12.5 Å². The van der Waals surface area contributed by atoms with Crippen molar-refractivity contribution < 1.29 is 0 Å². The predicted octanol–water partition coefficient (Wildman–Crippen LogP) is 2.00. The lowest BCUT2D eigenvalue weighted by Crippen LogP contribution is -2.28. The Hall–Kier alpha value is -1.78. The summed E-state index contributed by atoms with van der Waals surface area (Å²) in [5.41, 5.74) is 5.12. The van der Waals surface area contributed by atoms with E-state index in [-0.39, 0.29) is 6.04 Å². The summed E-state index contributed by atoms with van der Waals surface area (Å²) in [6.07, 6.45) is 6.39. The summed E-state index contributed by atoms with van der Waals surface area (Å²) in [6.45, 7) is 0. The summed E-state index contributed by atoms with van der Waals surface area (Å²) in [6, 6.07) is 12.5. The van der Waals surface area contributed by atoms with Gasteiger partial charge in [0, 0.05) is 6.20 Å². The van der Waals surface area contributed by atoms with Gasteiger partial charge in [0.2, 0.25) is 0 Å². The third kappa shape index (κ3) is 3.61. The molecule has 0 saturated heterocycles. The molecule has 1 aromatic heterocycles. The third-order valence-corrected chi connectivity index (χ3v) is 2.96. The average molecular weight is 242 g/mol. The molecule has 4 heteroatoms. The highest BCUT2D eigenvalue weighted by Crippen LogP contribution is 2.16. The van der Waals surface area contributed by atoms with Crippen molar-refractivity contribution in [1.82, 2.24) is 15.4 Å². The van der Waals surface area contributed by atoms with Crippen molar-refractivity contribution in [1.29, 1.82) is 0 Å². The molecule has 94 valence electrons. The lowest BCUT2D eigenvalue weighted by Gasteiger charge is -2.14. The van der Waals surface area contributed by atoms with E-state index in [1.807, 2.05) is 12.1 Å². The minimum atomic E-state index is 0.0942. The van der Waals surface area contributed by atoms with Gasteiger partial charge in [0.25, 0.3) is 0 Å². The van der Waals surface area contributed by atoms with Gasteiger partial charge in [0.05, 0.1) is 11.7 Å². The van der Waals surface area contributed by atoms with Gasteiger partial charge in [0.15, 0.2) is 0 Å².